The minimum atomic E-state index is -0.617. The molecule has 1 fully saturated rings. The quantitative estimate of drug-likeness (QED) is 0.0398. The molecule has 52 heavy (non-hydrogen) atoms. The summed E-state index contributed by atoms with van der Waals surface area (Å²) in [4.78, 5) is 23.7. The van der Waals surface area contributed by atoms with Crippen molar-refractivity contribution >= 4 is 23.6 Å². The number of hydrogen-bond acceptors (Lipinski definition) is 10. The van der Waals surface area contributed by atoms with Crippen molar-refractivity contribution in [2.75, 3.05) is 5.75 Å². The van der Waals surface area contributed by atoms with E-state index in [2.05, 4.69) is 20.8 Å². The molecule has 4 aromatic carbocycles. The number of carbonyl (C=O) groups excluding carboxylic acids is 2. The van der Waals surface area contributed by atoms with Crippen LogP contribution < -0.4 is 10.8 Å². The van der Waals surface area contributed by atoms with Crippen LogP contribution in [0.5, 0.6) is 0 Å². The van der Waals surface area contributed by atoms with Gasteiger partial charge in [-0.25, -0.2) is 5.48 Å². The highest BCUT2D eigenvalue weighted by Gasteiger charge is 2.33. The lowest BCUT2D eigenvalue weighted by atomic mass is 9.97. The van der Waals surface area contributed by atoms with Crippen LogP contribution in [0, 0.1) is 0 Å². The number of para-hydroxylation sites is 1. The molecule has 4 N–H and O–H groups in total. The van der Waals surface area contributed by atoms with Gasteiger partial charge in [0.15, 0.2) is 6.29 Å². The van der Waals surface area contributed by atoms with E-state index in [0.29, 0.717) is 43.1 Å². The van der Waals surface area contributed by atoms with E-state index in [4.69, 9.17) is 14.7 Å². The topological polar surface area (TPSA) is 161 Å². The van der Waals surface area contributed by atoms with Gasteiger partial charge in [-0.15, -0.1) is 5.10 Å². The normalized spacial score (nSPS) is 17.1. The Balaban J connectivity index is 1.12. The van der Waals surface area contributed by atoms with Gasteiger partial charge in [0.2, 0.25) is 17.0 Å². The fourth-order valence-electron chi connectivity index (χ4n) is 6.05. The minimum absolute atomic E-state index is 0.0240. The number of hydrogen-bond donors (Lipinski definition) is 4. The van der Waals surface area contributed by atoms with Crippen LogP contribution in [0.25, 0.3) is 16.8 Å². The number of aromatic nitrogens is 4. The lowest BCUT2D eigenvalue weighted by Crippen LogP contribution is -2.31. The minimum Gasteiger partial charge on any atom is -0.392 e. The molecule has 2 heterocycles. The Morgan fingerprint density at radius 2 is 1.54 bits per heavy atom. The van der Waals surface area contributed by atoms with Crippen molar-refractivity contribution in [1.29, 1.82) is 0 Å². The molecular formula is C39H42N6O6S. The lowest BCUT2D eigenvalue weighted by molar-refractivity contribution is -0.245. The zero-order chi connectivity index (χ0) is 36.1. The summed E-state index contributed by atoms with van der Waals surface area (Å²) in [5.41, 5.74) is 8.25. The fourth-order valence-corrected chi connectivity index (χ4v) is 6.96. The summed E-state index contributed by atoms with van der Waals surface area (Å²) in [5.74, 6) is 0.144. The first-order chi connectivity index (χ1) is 25.5. The van der Waals surface area contributed by atoms with Gasteiger partial charge in [-0.2, -0.15) is 4.68 Å². The predicted molar refractivity (Wildman–Crippen MR) is 195 cm³/mol. The maximum Gasteiger partial charge on any atom is 0.243 e. The van der Waals surface area contributed by atoms with Gasteiger partial charge in [0.05, 0.1) is 24.5 Å². The van der Waals surface area contributed by atoms with Crippen LogP contribution in [0.1, 0.15) is 73.2 Å². The largest absolute Gasteiger partial charge is 0.392 e. The summed E-state index contributed by atoms with van der Waals surface area (Å²) in [7, 11) is 0. The van der Waals surface area contributed by atoms with Gasteiger partial charge in [0.1, 0.15) is 0 Å². The maximum absolute atomic E-state index is 12.5. The predicted octanol–water partition coefficient (Wildman–Crippen LogP) is 6.23. The van der Waals surface area contributed by atoms with Crippen LogP contribution in [0.4, 0.5) is 0 Å². The van der Waals surface area contributed by atoms with E-state index in [0.717, 1.165) is 45.5 Å². The highest BCUT2D eigenvalue weighted by atomic mass is 32.2. The van der Waals surface area contributed by atoms with Crippen molar-refractivity contribution < 1.29 is 29.4 Å². The van der Waals surface area contributed by atoms with Crippen LogP contribution in [0.3, 0.4) is 0 Å². The Morgan fingerprint density at radius 3 is 2.29 bits per heavy atom. The standard InChI is InChI=1S/C39H42N6O6S/c46-25-27-15-17-29(18-16-27)35-23-33(26-52-39-41-43-44-45(39)32-10-3-1-4-11-32)50-38(51-35)30-21-19-28(20-22-30)34-12-8-7-9-31(34)24-40-36(47)13-5-2-6-14-37(48)42-49/h1,3-4,7-12,15-22,33,35,38,46,49H,2,5-6,13-14,23-26H2,(H,40,47)(H,42,48)/t33-,35+,38+/m1/s1. The molecule has 5 aromatic rings. The highest BCUT2D eigenvalue weighted by Crippen LogP contribution is 2.40. The van der Waals surface area contributed by atoms with Crippen LogP contribution in [0.15, 0.2) is 108 Å². The zero-order valence-corrected chi connectivity index (χ0v) is 29.5. The molecule has 0 unspecified atom stereocenters. The van der Waals surface area contributed by atoms with Gasteiger partial charge >= 0.3 is 0 Å². The molecule has 1 aliphatic heterocycles. The number of amides is 2. The molecule has 0 aliphatic carbocycles. The molecule has 0 saturated carbocycles. The summed E-state index contributed by atoms with van der Waals surface area (Å²) in [5, 5.41) is 34.2. The van der Waals surface area contributed by atoms with Gasteiger partial charge in [0, 0.05) is 37.1 Å². The molecular weight excluding hydrogens is 681 g/mol. The summed E-state index contributed by atoms with van der Waals surface area (Å²) in [6, 6.07) is 33.7. The van der Waals surface area contributed by atoms with Gasteiger partial charge in [0.25, 0.3) is 0 Å². The van der Waals surface area contributed by atoms with Crippen molar-refractivity contribution in [2.45, 2.75) is 75.3 Å². The number of thioether (sulfide) groups is 1. The first-order valence-corrected chi connectivity index (χ1v) is 18.3. The number of rotatable bonds is 16. The first-order valence-electron chi connectivity index (χ1n) is 17.4. The summed E-state index contributed by atoms with van der Waals surface area (Å²) >= 11 is 1.53. The third-order valence-corrected chi connectivity index (χ3v) is 9.93. The number of benzene rings is 4. The molecule has 6 rings (SSSR count). The van der Waals surface area contributed by atoms with Crippen LogP contribution in [0.2, 0.25) is 0 Å². The molecule has 13 heteroatoms. The molecule has 3 atom stereocenters. The van der Waals surface area contributed by atoms with Gasteiger partial charge in [-0.1, -0.05) is 109 Å². The highest BCUT2D eigenvalue weighted by molar-refractivity contribution is 7.99. The number of aliphatic hydroxyl groups excluding tert-OH is 1. The third-order valence-electron chi connectivity index (χ3n) is 8.87. The zero-order valence-electron chi connectivity index (χ0n) is 28.6. The monoisotopic (exact) mass is 722 g/mol. The van der Waals surface area contributed by atoms with Gasteiger partial charge < -0.3 is 19.9 Å². The molecule has 1 aromatic heterocycles. The average Bonchev–Trinajstić information content (AvgIpc) is 3.68. The fraction of sp³-hybridized carbons (Fsp3) is 0.308. The molecule has 1 aliphatic rings. The Bertz CT molecular complexity index is 1890. The van der Waals surface area contributed by atoms with Crippen LogP contribution >= 0.6 is 11.8 Å². The molecule has 0 spiro atoms. The smallest absolute Gasteiger partial charge is 0.243 e. The average molecular weight is 723 g/mol. The van der Waals surface area contributed by atoms with Crippen molar-refractivity contribution in [2.24, 2.45) is 0 Å². The Hall–Kier alpha value is -4.92. The number of tetrazole rings is 1. The second-order valence-electron chi connectivity index (χ2n) is 12.5. The van der Waals surface area contributed by atoms with Gasteiger partial charge in [-0.05, 0) is 63.2 Å². The van der Waals surface area contributed by atoms with E-state index < -0.39 is 12.2 Å². The second-order valence-corrected chi connectivity index (χ2v) is 13.5. The molecule has 270 valence electrons. The summed E-state index contributed by atoms with van der Waals surface area (Å²) < 4.78 is 14.9. The van der Waals surface area contributed by atoms with E-state index in [1.54, 1.807) is 10.2 Å². The van der Waals surface area contributed by atoms with E-state index in [9.17, 15) is 14.7 Å². The molecule has 1 saturated heterocycles. The lowest BCUT2D eigenvalue weighted by Gasteiger charge is -2.36. The second kappa shape index (κ2) is 18.5. The molecule has 0 bridgehead atoms. The SMILES string of the molecule is O=C(CCCCCC(=O)NCc1ccccc1-c1ccc([C@H]2O[C@@H](CSc3nnnn3-c3ccccc3)C[C@@H](c3ccc(CO)cc3)O2)cc1)NO. The number of hydroxylamine groups is 1. The number of nitrogens with zero attached hydrogens (tertiary/aromatic N) is 4. The molecule has 12 nitrogen and oxygen atoms in total. The maximum atomic E-state index is 12.5. The molecule has 2 amide bonds. The number of unbranched alkanes of at least 4 members (excludes halogenated alkanes) is 2. The number of aliphatic hydroxyl groups is 1. The van der Waals surface area contributed by atoms with Crippen molar-refractivity contribution in [1.82, 2.24) is 31.0 Å². The first kappa shape index (κ1) is 36.9. The van der Waals surface area contributed by atoms with E-state index in [1.165, 1.54) is 11.8 Å². The van der Waals surface area contributed by atoms with E-state index >= 15 is 0 Å². The Labute approximate surface area is 306 Å². The third kappa shape index (κ3) is 9.90. The van der Waals surface area contributed by atoms with Crippen molar-refractivity contribution in [3.8, 4) is 16.8 Å². The van der Waals surface area contributed by atoms with Crippen molar-refractivity contribution in [3.05, 3.63) is 125 Å². The summed E-state index contributed by atoms with van der Waals surface area (Å²) in [6.45, 7) is 0.367. The van der Waals surface area contributed by atoms with Crippen molar-refractivity contribution in [3.63, 3.8) is 0 Å². The van der Waals surface area contributed by atoms with Crippen LogP contribution in [-0.4, -0.2) is 54.2 Å². The van der Waals surface area contributed by atoms with Crippen LogP contribution in [-0.2, 0) is 32.2 Å². The number of nitrogens with one attached hydrogen (secondary N) is 2. The van der Waals surface area contributed by atoms with Gasteiger partial charge in [-0.3, -0.25) is 14.8 Å². The number of carbonyl (C=O) groups is 2. The van der Waals surface area contributed by atoms with E-state index in [1.807, 2.05) is 103 Å². The Kier molecular flexibility index (Phi) is 13.1. The number of ether oxygens (including phenoxy) is 2. The molecule has 0 radical (unpaired) electrons. The van der Waals surface area contributed by atoms with E-state index in [-0.39, 0.29) is 31.1 Å². The Morgan fingerprint density at radius 1 is 0.827 bits per heavy atom. The summed E-state index contributed by atoms with van der Waals surface area (Å²) in [6.07, 6.45) is 2.23.